The van der Waals surface area contributed by atoms with E-state index in [0.717, 1.165) is 16.6 Å². The Morgan fingerprint density at radius 1 is 1.38 bits per heavy atom. The van der Waals surface area contributed by atoms with Crippen LogP contribution in [-0.2, 0) is 6.54 Å². The summed E-state index contributed by atoms with van der Waals surface area (Å²) in [5, 5.41) is 13.4. The maximum absolute atomic E-state index is 9.91. The van der Waals surface area contributed by atoms with Crippen molar-refractivity contribution < 1.29 is 5.11 Å². The fourth-order valence-electron chi connectivity index (χ4n) is 2.33. The second kappa shape index (κ2) is 5.19. The van der Waals surface area contributed by atoms with Crippen LogP contribution in [0.2, 0.25) is 0 Å². The Morgan fingerprint density at radius 3 is 2.75 bits per heavy atom. The highest BCUT2D eigenvalue weighted by molar-refractivity contribution is 9.10. The molecule has 1 aromatic carbocycles. The van der Waals surface area contributed by atoms with Gasteiger partial charge in [0, 0.05) is 18.2 Å². The van der Waals surface area contributed by atoms with Crippen LogP contribution in [0.25, 0.3) is 0 Å². The van der Waals surface area contributed by atoms with E-state index in [9.17, 15) is 5.11 Å². The highest BCUT2D eigenvalue weighted by Crippen LogP contribution is 2.29. The molecule has 0 aromatic heterocycles. The molecular weight excluding hydrogens is 266 g/mol. The molecule has 16 heavy (non-hydrogen) atoms. The van der Waals surface area contributed by atoms with Crippen molar-refractivity contribution in [1.29, 1.82) is 0 Å². The van der Waals surface area contributed by atoms with Gasteiger partial charge in [0.1, 0.15) is 5.75 Å². The molecular formula is C13H18BrNO. The first-order chi connectivity index (χ1) is 7.66. The fraction of sp³-hybridized carbons (Fsp3) is 0.538. The smallest absolute Gasteiger partial charge is 0.134 e. The zero-order valence-electron chi connectivity index (χ0n) is 9.59. The SMILES string of the molecule is Cc1cc(Br)c(O)c(CNC2CCCC2)c1. The Morgan fingerprint density at radius 2 is 2.06 bits per heavy atom. The lowest BCUT2D eigenvalue weighted by molar-refractivity contribution is 0.453. The van der Waals surface area contributed by atoms with Gasteiger partial charge in [0.25, 0.3) is 0 Å². The van der Waals surface area contributed by atoms with Crippen LogP contribution < -0.4 is 5.32 Å². The number of nitrogens with one attached hydrogen (secondary N) is 1. The first kappa shape index (κ1) is 11.9. The predicted molar refractivity (Wildman–Crippen MR) is 69.6 cm³/mol. The van der Waals surface area contributed by atoms with E-state index < -0.39 is 0 Å². The molecule has 1 saturated carbocycles. The molecule has 88 valence electrons. The van der Waals surface area contributed by atoms with Crippen LogP contribution in [0.3, 0.4) is 0 Å². The van der Waals surface area contributed by atoms with Crippen molar-refractivity contribution >= 4 is 15.9 Å². The van der Waals surface area contributed by atoms with Gasteiger partial charge in [-0.25, -0.2) is 0 Å². The monoisotopic (exact) mass is 283 g/mol. The molecule has 0 bridgehead atoms. The Kier molecular flexibility index (Phi) is 3.87. The summed E-state index contributed by atoms with van der Waals surface area (Å²) in [6, 6.07) is 4.62. The molecule has 1 aromatic rings. The normalized spacial score (nSPS) is 16.9. The standard InChI is InChI=1S/C13H18BrNO/c1-9-6-10(13(16)12(14)7-9)8-15-11-4-2-3-5-11/h6-7,11,15-16H,2-5,8H2,1H3. The van der Waals surface area contributed by atoms with E-state index in [1.807, 2.05) is 19.1 Å². The number of phenols is 1. The average molecular weight is 284 g/mol. The number of rotatable bonds is 3. The molecule has 0 radical (unpaired) electrons. The Hall–Kier alpha value is -0.540. The summed E-state index contributed by atoms with van der Waals surface area (Å²) >= 11 is 3.37. The zero-order chi connectivity index (χ0) is 11.5. The Labute approximate surface area is 105 Å². The lowest BCUT2D eigenvalue weighted by Gasteiger charge is -2.13. The van der Waals surface area contributed by atoms with Crippen molar-refractivity contribution in [1.82, 2.24) is 5.32 Å². The quantitative estimate of drug-likeness (QED) is 0.890. The topological polar surface area (TPSA) is 32.3 Å². The number of benzene rings is 1. The summed E-state index contributed by atoms with van der Waals surface area (Å²) in [5.41, 5.74) is 2.16. The number of halogens is 1. The van der Waals surface area contributed by atoms with E-state index in [2.05, 4.69) is 21.2 Å². The van der Waals surface area contributed by atoms with Crippen LogP contribution in [0.15, 0.2) is 16.6 Å². The lowest BCUT2D eigenvalue weighted by Crippen LogP contribution is -2.25. The van der Waals surface area contributed by atoms with E-state index in [0.29, 0.717) is 11.8 Å². The predicted octanol–water partition coefficient (Wildman–Crippen LogP) is 3.50. The average Bonchev–Trinajstić information content (AvgIpc) is 2.74. The third-order valence-corrected chi connectivity index (χ3v) is 3.83. The van der Waals surface area contributed by atoms with Gasteiger partial charge in [-0.05, 0) is 47.3 Å². The molecule has 1 aliphatic rings. The van der Waals surface area contributed by atoms with Crippen molar-refractivity contribution in [2.24, 2.45) is 0 Å². The number of phenolic OH excluding ortho intramolecular Hbond substituents is 1. The number of aromatic hydroxyl groups is 1. The largest absolute Gasteiger partial charge is 0.506 e. The molecule has 2 rings (SSSR count). The van der Waals surface area contributed by atoms with Gasteiger partial charge >= 0.3 is 0 Å². The highest BCUT2D eigenvalue weighted by atomic mass is 79.9. The number of aryl methyl sites for hydroxylation is 1. The maximum atomic E-state index is 9.91. The van der Waals surface area contributed by atoms with Gasteiger partial charge in [-0.3, -0.25) is 0 Å². The van der Waals surface area contributed by atoms with Gasteiger partial charge in [-0.2, -0.15) is 0 Å². The van der Waals surface area contributed by atoms with Crippen molar-refractivity contribution in [3.8, 4) is 5.75 Å². The second-order valence-corrected chi connectivity index (χ2v) is 5.47. The van der Waals surface area contributed by atoms with Crippen LogP contribution in [0.1, 0.15) is 36.8 Å². The van der Waals surface area contributed by atoms with E-state index in [4.69, 9.17) is 0 Å². The molecule has 0 saturated heterocycles. The van der Waals surface area contributed by atoms with Crippen molar-refractivity contribution in [2.75, 3.05) is 0 Å². The molecule has 0 amide bonds. The lowest BCUT2D eigenvalue weighted by atomic mass is 10.1. The first-order valence-electron chi connectivity index (χ1n) is 5.88. The summed E-state index contributed by atoms with van der Waals surface area (Å²) in [6.07, 6.45) is 5.21. The van der Waals surface area contributed by atoms with E-state index >= 15 is 0 Å². The summed E-state index contributed by atoms with van der Waals surface area (Å²) in [7, 11) is 0. The third kappa shape index (κ3) is 2.77. The van der Waals surface area contributed by atoms with Crippen LogP contribution in [0, 0.1) is 6.92 Å². The van der Waals surface area contributed by atoms with Gasteiger partial charge in [0.15, 0.2) is 0 Å². The van der Waals surface area contributed by atoms with E-state index in [1.54, 1.807) is 0 Å². The minimum absolute atomic E-state index is 0.371. The molecule has 0 aliphatic heterocycles. The van der Waals surface area contributed by atoms with Crippen LogP contribution in [0.5, 0.6) is 5.75 Å². The molecule has 3 heteroatoms. The van der Waals surface area contributed by atoms with Gasteiger partial charge in [0.2, 0.25) is 0 Å². The molecule has 0 heterocycles. The number of hydrogen-bond acceptors (Lipinski definition) is 2. The molecule has 2 N–H and O–H groups in total. The summed E-state index contributed by atoms with van der Waals surface area (Å²) < 4.78 is 0.788. The van der Waals surface area contributed by atoms with Gasteiger partial charge in [-0.15, -0.1) is 0 Å². The molecule has 0 atom stereocenters. The van der Waals surface area contributed by atoms with Crippen LogP contribution >= 0.6 is 15.9 Å². The van der Waals surface area contributed by atoms with Crippen molar-refractivity contribution in [3.63, 3.8) is 0 Å². The second-order valence-electron chi connectivity index (χ2n) is 4.62. The number of hydrogen-bond donors (Lipinski definition) is 2. The van der Waals surface area contributed by atoms with Gasteiger partial charge < -0.3 is 10.4 Å². The van der Waals surface area contributed by atoms with Crippen molar-refractivity contribution in [3.05, 3.63) is 27.7 Å². The van der Waals surface area contributed by atoms with Gasteiger partial charge in [-0.1, -0.05) is 18.9 Å². The van der Waals surface area contributed by atoms with Crippen molar-refractivity contribution in [2.45, 2.75) is 45.2 Å². The maximum Gasteiger partial charge on any atom is 0.134 e. The fourth-order valence-corrected chi connectivity index (χ4v) is 2.94. The minimum Gasteiger partial charge on any atom is -0.506 e. The zero-order valence-corrected chi connectivity index (χ0v) is 11.2. The van der Waals surface area contributed by atoms with E-state index in [-0.39, 0.29) is 0 Å². The summed E-state index contributed by atoms with van der Waals surface area (Å²) in [5.74, 6) is 0.371. The Balaban J connectivity index is 2.02. The van der Waals surface area contributed by atoms with Crippen LogP contribution in [-0.4, -0.2) is 11.1 Å². The minimum atomic E-state index is 0.371. The Bertz CT molecular complexity index is 372. The van der Waals surface area contributed by atoms with Crippen LogP contribution in [0.4, 0.5) is 0 Å². The van der Waals surface area contributed by atoms with Gasteiger partial charge in [0.05, 0.1) is 4.47 Å². The molecule has 0 spiro atoms. The summed E-state index contributed by atoms with van der Waals surface area (Å²) in [6.45, 7) is 2.81. The summed E-state index contributed by atoms with van der Waals surface area (Å²) in [4.78, 5) is 0. The molecule has 2 nitrogen and oxygen atoms in total. The van der Waals surface area contributed by atoms with E-state index in [1.165, 1.54) is 31.2 Å². The molecule has 0 unspecified atom stereocenters. The molecule has 1 aliphatic carbocycles. The molecule has 1 fully saturated rings. The highest BCUT2D eigenvalue weighted by Gasteiger charge is 2.15. The first-order valence-corrected chi connectivity index (χ1v) is 6.67. The third-order valence-electron chi connectivity index (χ3n) is 3.22.